The van der Waals surface area contributed by atoms with Crippen LogP contribution in [0.1, 0.15) is 12.1 Å². The predicted octanol–water partition coefficient (Wildman–Crippen LogP) is 3.02. The smallest absolute Gasteiger partial charge is 0.282 e. The Morgan fingerprint density at radius 2 is 2.17 bits per heavy atom. The van der Waals surface area contributed by atoms with Gasteiger partial charge in [0.2, 0.25) is 0 Å². The molecule has 0 saturated heterocycles. The van der Waals surface area contributed by atoms with Gasteiger partial charge in [-0.1, -0.05) is 11.6 Å². The van der Waals surface area contributed by atoms with Crippen LogP contribution < -0.4 is 5.73 Å². The lowest BCUT2D eigenvalue weighted by molar-refractivity contribution is 0.147. The highest BCUT2D eigenvalue weighted by atomic mass is 79.9. The van der Waals surface area contributed by atoms with Crippen LogP contribution in [0.4, 0.5) is 14.5 Å². The summed E-state index contributed by atoms with van der Waals surface area (Å²) in [5.74, 6) is 0. The number of aromatic nitrogens is 1. The van der Waals surface area contributed by atoms with Gasteiger partial charge >= 0.3 is 0 Å². The van der Waals surface area contributed by atoms with Crippen LogP contribution in [0.2, 0.25) is 5.02 Å². The number of nitrogens with zero attached hydrogens (tertiary/aromatic N) is 1. The van der Waals surface area contributed by atoms with Crippen LogP contribution >= 0.6 is 27.5 Å². The Hall–Kier alpha value is -0.420. The van der Waals surface area contributed by atoms with Crippen LogP contribution in [-0.4, -0.2) is 4.98 Å². The standard InChI is InChI=1S/C6H4BrClF2N2/c7-2-1-12-5(6(9)10)4(11)3(2)8/h1,6H,11H2. The first-order valence-corrected chi connectivity index (χ1v) is 4.08. The Kier molecular flexibility index (Phi) is 2.85. The van der Waals surface area contributed by atoms with Gasteiger partial charge in [-0.2, -0.15) is 0 Å². The normalized spacial score (nSPS) is 10.8. The van der Waals surface area contributed by atoms with Crippen molar-refractivity contribution in [3.8, 4) is 0 Å². The van der Waals surface area contributed by atoms with Gasteiger partial charge in [0, 0.05) is 6.20 Å². The molecule has 0 atom stereocenters. The largest absolute Gasteiger partial charge is 0.396 e. The molecule has 6 heteroatoms. The molecule has 2 N–H and O–H groups in total. The molecule has 0 spiro atoms. The molecule has 2 nitrogen and oxygen atoms in total. The number of nitrogen functional groups attached to an aromatic ring is 1. The maximum atomic E-state index is 12.1. The predicted molar refractivity (Wildman–Crippen MR) is 46.3 cm³/mol. The van der Waals surface area contributed by atoms with Gasteiger partial charge in [-0.05, 0) is 15.9 Å². The number of pyridine rings is 1. The summed E-state index contributed by atoms with van der Waals surface area (Å²) >= 11 is 8.59. The second-order valence-electron chi connectivity index (χ2n) is 2.02. The number of alkyl halides is 2. The second kappa shape index (κ2) is 3.53. The lowest BCUT2D eigenvalue weighted by atomic mass is 10.3. The van der Waals surface area contributed by atoms with Crippen molar-refractivity contribution in [2.45, 2.75) is 6.43 Å². The third kappa shape index (κ3) is 1.67. The maximum absolute atomic E-state index is 12.1. The van der Waals surface area contributed by atoms with Crippen molar-refractivity contribution in [2.75, 3.05) is 5.73 Å². The number of anilines is 1. The van der Waals surface area contributed by atoms with Gasteiger partial charge in [0.1, 0.15) is 5.69 Å². The Morgan fingerprint density at radius 3 is 2.67 bits per heavy atom. The highest BCUT2D eigenvalue weighted by molar-refractivity contribution is 9.10. The van der Waals surface area contributed by atoms with Crippen LogP contribution in [0.3, 0.4) is 0 Å². The van der Waals surface area contributed by atoms with E-state index < -0.39 is 12.1 Å². The van der Waals surface area contributed by atoms with Gasteiger partial charge in [-0.3, -0.25) is 4.98 Å². The van der Waals surface area contributed by atoms with E-state index in [-0.39, 0.29) is 10.7 Å². The Labute approximate surface area is 80.9 Å². The SMILES string of the molecule is Nc1c(C(F)F)ncc(Br)c1Cl. The summed E-state index contributed by atoms with van der Waals surface area (Å²) in [6, 6.07) is 0. The summed E-state index contributed by atoms with van der Waals surface area (Å²) in [7, 11) is 0. The van der Waals surface area contributed by atoms with E-state index in [0.29, 0.717) is 4.47 Å². The minimum atomic E-state index is -2.70. The van der Waals surface area contributed by atoms with Crippen molar-refractivity contribution in [3.63, 3.8) is 0 Å². The van der Waals surface area contributed by atoms with Crippen LogP contribution in [0, 0.1) is 0 Å². The summed E-state index contributed by atoms with van der Waals surface area (Å²) in [6.45, 7) is 0. The molecular formula is C6H4BrClF2N2. The molecule has 0 amide bonds. The van der Waals surface area contributed by atoms with E-state index in [2.05, 4.69) is 20.9 Å². The van der Waals surface area contributed by atoms with Gasteiger partial charge in [-0.25, -0.2) is 8.78 Å². The van der Waals surface area contributed by atoms with E-state index in [1.807, 2.05) is 0 Å². The van der Waals surface area contributed by atoms with Crippen molar-refractivity contribution in [2.24, 2.45) is 0 Å². The monoisotopic (exact) mass is 256 g/mol. The van der Waals surface area contributed by atoms with Crippen molar-refractivity contribution < 1.29 is 8.78 Å². The van der Waals surface area contributed by atoms with Crippen LogP contribution in [-0.2, 0) is 0 Å². The summed E-state index contributed by atoms with van der Waals surface area (Å²) in [5.41, 5.74) is 4.62. The molecular weight excluding hydrogens is 253 g/mol. The van der Waals surface area contributed by atoms with Gasteiger partial charge < -0.3 is 5.73 Å². The van der Waals surface area contributed by atoms with E-state index in [9.17, 15) is 8.78 Å². The van der Waals surface area contributed by atoms with Crippen molar-refractivity contribution in [1.29, 1.82) is 0 Å². The van der Waals surface area contributed by atoms with E-state index in [1.54, 1.807) is 0 Å². The number of rotatable bonds is 1. The Morgan fingerprint density at radius 1 is 1.58 bits per heavy atom. The van der Waals surface area contributed by atoms with Crippen molar-refractivity contribution in [1.82, 2.24) is 4.98 Å². The van der Waals surface area contributed by atoms with E-state index in [0.717, 1.165) is 0 Å². The number of halogens is 4. The van der Waals surface area contributed by atoms with Gasteiger partial charge in [0.25, 0.3) is 6.43 Å². The molecule has 1 rings (SSSR count). The fraction of sp³-hybridized carbons (Fsp3) is 0.167. The molecule has 0 radical (unpaired) electrons. The summed E-state index contributed by atoms with van der Waals surface area (Å²) in [4.78, 5) is 3.43. The van der Waals surface area contributed by atoms with E-state index in [1.165, 1.54) is 6.20 Å². The quantitative estimate of drug-likeness (QED) is 0.840. The molecule has 66 valence electrons. The van der Waals surface area contributed by atoms with Crippen molar-refractivity contribution >= 4 is 33.2 Å². The average Bonchev–Trinajstić information content (AvgIpc) is 2.00. The highest BCUT2D eigenvalue weighted by Gasteiger charge is 2.16. The molecule has 0 aliphatic heterocycles. The highest BCUT2D eigenvalue weighted by Crippen LogP contribution is 2.33. The summed E-state index contributed by atoms with van der Waals surface area (Å²) in [5, 5.41) is 0.0697. The fourth-order valence-corrected chi connectivity index (χ4v) is 1.13. The Balaban J connectivity index is 3.27. The first-order chi connectivity index (χ1) is 5.54. The van der Waals surface area contributed by atoms with Gasteiger partial charge in [-0.15, -0.1) is 0 Å². The molecule has 0 aliphatic carbocycles. The molecule has 0 aromatic carbocycles. The molecule has 0 unspecified atom stereocenters. The third-order valence-electron chi connectivity index (χ3n) is 1.25. The molecule has 12 heavy (non-hydrogen) atoms. The zero-order valence-electron chi connectivity index (χ0n) is 5.69. The van der Waals surface area contributed by atoms with Crippen LogP contribution in [0.5, 0.6) is 0 Å². The second-order valence-corrected chi connectivity index (χ2v) is 3.25. The topological polar surface area (TPSA) is 38.9 Å². The fourth-order valence-electron chi connectivity index (χ4n) is 0.667. The molecule has 0 saturated carbocycles. The lowest BCUT2D eigenvalue weighted by Crippen LogP contribution is -1.99. The third-order valence-corrected chi connectivity index (χ3v) is 2.48. The van der Waals surface area contributed by atoms with Gasteiger partial charge in [0.05, 0.1) is 15.2 Å². The summed E-state index contributed by atoms with van der Waals surface area (Å²) in [6.07, 6.45) is -1.50. The van der Waals surface area contributed by atoms with E-state index in [4.69, 9.17) is 17.3 Å². The number of hydrogen-bond donors (Lipinski definition) is 1. The molecule has 0 bridgehead atoms. The van der Waals surface area contributed by atoms with Crippen LogP contribution in [0.15, 0.2) is 10.7 Å². The lowest BCUT2D eigenvalue weighted by Gasteiger charge is -2.05. The van der Waals surface area contributed by atoms with Crippen molar-refractivity contribution in [3.05, 3.63) is 21.4 Å². The van der Waals surface area contributed by atoms with E-state index >= 15 is 0 Å². The zero-order chi connectivity index (χ0) is 9.30. The summed E-state index contributed by atoms with van der Waals surface area (Å²) < 4.78 is 24.7. The van der Waals surface area contributed by atoms with Crippen LogP contribution in [0.25, 0.3) is 0 Å². The number of nitrogens with two attached hydrogens (primary N) is 1. The Bertz CT molecular complexity index is 306. The molecule has 1 aromatic heterocycles. The molecule has 1 heterocycles. The molecule has 0 aliphatic rings. The minimum Gasteiger partial charge on any atom is -0.396 e. The minimum absolute atomic E-state index is 0.0697. The molecule has 0 fully saturated rings. The average molecular weight is 257 g/mol. The molecule has 1 aromatic rings. The zero-order valence-corrected chi connectivity index (χ0v) is 8.03. The van der Waals surface area contributed by atoms with Gasteiger partial charge in [0.15, 0.2) is 0 Å². The number of hydrogen-bond acceptors (Lipinski definition) is 2. The first kappa shape index (κ1) is 9.67. The maximum Gasteiger partial charge on any atom is 0.282 e. The first-order valence-electron chi connectivity index (χ1n) is 2.91.